The number of nitrogens with zero attached hydrogens (tertiary/aromatic N) is 1. The number of carboxylic acid groups (broad SMARTS) is 1. The monoisotopic (exact) mass is 290 g/mol. The lowest BCUT2D eigenvalue weighted by Gasteiger charge is -2.09. The van der Waals surface area contributed by atoms with E-state index in [1.807, 2.05) is 6.07 Å². The van der Waals surface area contributed by atoms with Gasteiger partial charge in [0.05, 0.1) is 12.8 Å². The van der Waals surface area contributed by atoms with Crippen molar-refractivity contribution in [3.63, 3.8) is 0 Å². The maximum Gasteiger partial charge on any atom is 0.339 e. The van der Waals surface area contributed by atoms with E-state index in [1.54, 1.807) is 23.5 Å². The van der Waals surface area contributed by atoms with Crippen molar-refractivity contribution in [1.82, 2.24) is 10.3 Å². The fourth-order valence-corrected chi connectivity index (χ4v) is 3.33. The third-order valence-corrected chi connectivity index (χ3v) is 4.43. The summed E-state index contributed by atoms with van der Waals surface area (Å²) in [6, 6.07) is 5.15. The number of methoxy groups -OCH3 is 1. The van der Waals surface area contributed by atoms with Gasteiger partial charge in [-0.1, -0.05) is 0 Å². The maximum absolute atomic E-state index is 11.3. The normalized spacial score (nSPS) is 13.8. The second-order valence-corrected chi connectivity index (χ2v) is 5.62. The third-order valence-electron chi connectivity index (χ3n) is 3.28. The van der Waals surface area contributed by atoms with Crippen molar-refractivity contribution in [2.24, 2.45) is 0 Å². The summed E-state index contributed by atoms with van der Waals surface area (Å²) in [5, 5.41) is 13.4. The standard InChI is InChI=1S/C14H14N2O3S/c1-19-11-3-2-8(6-9(11)14(17)18)13-16-10-4-5-15-7-12(10)20-13/h2-3,6,15H,4-5,7H2,1H3,(H,17,18). The minimum absolute atomic E-state index is 0.163. The van der Waals surface area contributed by atoms with Gasteiger partial charge in [0.15, 0.2) is 0 Å². The Morgan fingerprint density at radius 1 is 1.50 bits per heavy atom. The van der Waals surface area contributed by atoms with Crippen LogP contribution in [0, 0.1) is 0 Å². The van der Waals surface area contributed by atoms with E-state index in [-0.39, 0.29) is 5.56 Å². The molecular formula is C14H14N2O3S. The molecule has 104 valence electrons. The molecule has 2 heterocycles. The Bertz CT molecular complexity index is 643. The van der Waals surface area contributed by atoms with E-state index < -0.39 is 5.97 Å². The smallest absolute Gasteiger partial charge is 0.339 e. The first-order valence-corrected chi connectivity index (χ1v) is 7.11. The van der Waals surface area contributed by atoms with E-state index in [4.69, 9.17) is 4.74 Å². The number of rotatable bonds is 3. The summed E-state index contributed by atoms with van der Waals surface area (Å²) in [5.41, 5.74) is 2.11. The van der Waals surface area contributed by atoms with Crippen LogP contribution in [0.5, 0.6) is 5.75 Å². The molecule has 5 nitrogen and oxygen atoms in total. The molecule has 1 aromatic heterocycles. The molecule has 2 N–H and O–H groups in total. The van der Waals surface area contributed by atoms with Crippen LogP contribution < -0.4 is 10.1 Å². The van der Waals surface area contributed by atoms with Crippen molar-refractivity contribution in [1.29, 1.82) is 0 Å². The number of hydrogen-bond acceptors (Lipinski definition) is 5. The number of carboxylic acids is 1. The Balaban J connectivity index is 2.03. The van der Waals surface area contributed by atoms with Gasteiger partial charge in [0, 0.05) is 30.0 Å². The largest absolute Gasteiger partial charge is 0.496 e. The van der Waals surface area contributed by atoms with Crippen molar-refractivity contribution < 1.29 is 14.6 Å². The fourth-order valence-electron chi connectivity index (χ4n) is 2.26. The fraction of sp³-hybridized carbons (Fsp3) is 0.286. The van der Waals surface area contributed by atoms with Gasteiger partial charge >= 0.3 is 5.97 Å². The number of aromatic nitrogens is 1. The molecular weight excluding hydrogens is 276 g/mol. The first kappa shape index (κ1) is 13.1. The third kappa shape index (κ3) is 2.28. The zero-order valence-electron chi connectivity index (χ0n) is 11.0. The number of hydrogen-bond donors (Lipinski definition) is 2. The molecule has 0 fully saturated rings. The summed E-state index contributed by atoms with van der Waals surface area (Å²) in [6.45, 7) is 1.79. The molecule has 0 bridgehead atoms. The minimum Gasteiger partial charge on any atom is -0.496 e. The summed E-state index contributed by atoms with van der Waals surface area (Å²) >= 11 is 1.61. The molecule has 2 aromatic rings. The molecule has 0 saturated carbocycles. The molecule has 0 atom stereocenters. The second kappa shape index (κ2) is 5.22. The highest BCUT2D eigenvalue weighted by Gasteiger charge is 2.18. The Hall–Kier alpha value is -1.92. The van der Waals surface area contributed by atoms with Gasteiger partial charge in [-0.25, -0.2) is 9.78 Å². The molecule has 20 heavy (non-hydrogen) atoms. The molecule has 0 unspecified atom stereocenters. The molecule has 0 saturated heterocycles. The van der Waals surface area contributed by atoms with Gasteiger partial charge in [0.25, 0.3) is 0 Å². The van der Waals surface area contributed by atoms with E-state index in [9.17, 15) is 9.90 Å². The van der Waals surface area contributed by atoms with Crippen molar-refractivity contribution in [3.8, 4) is 16.3 Å². The van der Waals surface area contributed by atoms with E-state index >= 15 is 0 Å². The molecule has 0 aliphatic carbocycles. The number of carbonyl (C=O) groups is 1. The minimum atomic E-state index is -0.994. The number of ether oxygens (including phenoxy) is 1. The molecule has 1 aliphatic rings. The zero-order chi connectivity index (χ0) is 14.1. The highest BCUT2D eigenvalue weighted by atomic mass is 32.1. The SMILES string of the molecule is COc1ccc(-c2nc3c(s2)CNCC3)cc1C(=O)O. The molecule has 6 heteroatoms. The topological polar surface area (TPSA) is 71.5 Å². The van der Waals surface area contributed by atoms with Gasteiger partial charge in [-0.15, -0.1) is 11.3 Å². The Morgan fingerprint density at radius 3 is 3.05 bits per heavy atom. The molecule has 1 aromatic carbocycles. The van der Waals surface area contributed by atoms with Gasteiger partial charge in [0.1, 0.15) is 16.3 Å². The van der Waals surface area contributed by atoms with Crippen molar-refractivity contribution in [2.75, 3.05) is 13.7 Å². The number of nitrogens with one attached hydrogen (secondary N) is 1. The van der Waals surface area contributed by atoms with Gasteiger partial charge in [0.2, 0.25) is 0 Å². The van der Waals surface area contributed by atoms with E-state index in [2.05, 4.69) is 10.3 Å². The van der Waals surface area contributed by atoms with Crippen molar-refractivity contribution >= 4 is 17.3 Å². The molecule has 1 aliphatic heterocycles. The van der Waals surface area contributed by atoms with Gasteiger partial charge in [-0.3, -0.25) is 0 Å². The lowest BCUT2D eigenvalue weighted by Crippen LogP contribution is -2.22. The Morgan fingerprint density at radius 2 is 2.35 bits per heavy atom. The summed E-state index contributed by atoms with van der Waals surface area (Å²) in [7, 11) is 1.47. The van der Waals surface area contributed by atoms with Crippen LogP contribution in [-0.2, 0) is 13.0 Å². The maximum atomic E-state index is 11.3. The number of thiazole rings is 1. The van der Waals surface area contributed by atoms with Crippen LogP contribution in [0.15, 0.2) is 18.2 Å². The zero-order valence-corrected chi connectivity index (χ0v) is 11.8. The van der Waals surface area contributed by atoms with Crippen LogP contribution in [0.3, 0.4) is 0 Å². The first-order chi connectivity index (χ1) is 9.69. The lowest BCUT2D eigenvalue weighted by atomic mass is 10.1. The lowest BCUT2D eigenvalue weighted by molar-refractivity contribution is 0.0693. The van der Waals surface area contributed by atoms with E-state index in [1.165, 1.54) is 12.0 Å². The molecule has 0 amide bonds. The quantitative estimate of drug-likeness (QED) is 0.906. The second-order valence-electron chi connectivity index (χ2n) is 4.54. The van der Waals surface area contributed by atoms with Crippen LogP contribution in [0.25, 0.3) is 10.6 Å². The summed E-state index contributed by atoms with van der Waals surface area (Å²) in [4.78, 5) is 17.1. The van der Waals surface area contributed by atoms with Gasteiger partial charge in [-0.05, 0) is 18.2 Å². The van der Waals surface area contributed by atoms with Crippen LogP contribution >= 0.6 is 11.3 Å². The van der Waals surface area contributed by atoms with Crippen molar-refractivity contribution in [3.05, 3.63) is 34.3 Å². The van der Waals surface area contributed by atoms with Gasteiger partial charge < -0.3 is 15.2 Å². The van der Waals surface area contributed by atoms with Crippen LogP contribution in [0.2, 0.25) is 0 Å². The highest BCUT2D eigenvalue weighted by Crippen LogP contribution is 2.32. The Labute approximate surface area is 120 Å². The van der Waals surface area contributed by atoms with Crippen LogP contribution in [-0.4, -0.2) is 29.7 Å². The number of fused-ring (bicyclic) bond motifs is 1. The van der Waals surface area contributed by atoms with Gasteiger partial charge in [-0.2, -0.15) is 0 Å². The molecule has 0 radical (unpaired) electrons. The highest BCUT2D eigenvalue weighted by molar-refractivity contribution is 7.15. The first-order valence-electron chi connectivity index (χ1n) is 6.30. The summed E-state index contributed by atoms with van der Waals surface area (Å²) in [5.74, 6) is -0.629. The average Bonchev–Trinajstić information content (AvgIpc) is 2.90. The van der Waals surface area contributed by atoms with Crippen LogP contribution in [0.4, 0.5) is 0 Å². The average molecular weight is 290 g/mol. The molecule has 0 spiro atoms. The number of benzene rings is 1. The van der Waals surface area contributed by atoms with E-state index in [0.717, 1.165) is 35.8 Å². The van der Waals surface area contributed by atoms with E-state index in [0.29, 0.717) is 5.75 Å². The number of aromatic carboxylic acids is 1. The van der Waals surface area contributed by atoms with Crippen molar-refractivity contribution in [2.45, 2.75) is 13.0 Å². The Kier molecular flexibility index (Phi) is 3.42. The summed E-state index contributed by atoms with van der Waals surface area (Å²) < 4.78 is 5.07. The summed E-state index contributed by atoms with van der Waals surface area (Å²) in [6.07, 6.45) is 0.924. The van der Waals surface area contributed by atoms with Crippen LogP contribution in [0.1, 0.15) is 20.9 Å². The predicted molar refractivity (Wildman–Crippen MR) is 76.5 cm³/mol. The predicted octanol–water partition coefficient (Wildman–Crippen LogP) is 2.16. The molecule has 3 rings (SSSR count).